The lowest BCUT2D eigenvalue weighted by molar-refractivity contribution is -0.157. The van der Waals surface area contributed by atoms with Crippen LogP contribution < -0.4 is 5.56 Å². The molecule has 3 aromatic rings. The Labute approximate surface area is 198 Å². The molecule has 0 spiro atoms. The molecule has 0 unspecified atom stereocenters. The Balaban J connectivity index is 1.85. The van der Waals surface area contributed by atoms with Gasteiger partial charge in [0.15, 0.2) is 6.73 Å². The van der Waals surface area contributed by atoms with Gasteiger partial charge in [-0.1, -0.05) is 30.2 Å². The minimum absolute atomic E-state index is 0.0652. The second-order valence-electron chi connectivity index (χ2n) is 8.80. The van der Waals surface area contributed by atoms with Gasteiger partial charge in [-0.3, -0.25) is 14.2 Å². The summed E-state index contributed by atoms with van der Waals surface area (Å²) in [6.45, 7) is 6.90. The van der Waals surface area contributed by atoms with Crippen molar-refractivity contribution in [2.75, 3.05) is 6.54 Å². The van der Waals surface area contributed by atoms with Crippen molar-refractivity contribution in [3.8, 4) is 12.3 Å². The number of rotatable bonds is 7. The second kappa shape index (κ2) is 10.3. The van der Waals surface area contributed by atoms with Gasteiger partial charge in [0, 0.05) is 0 Å². The Morgan fingerprint density at radius 2 is 1.85 bits per heavy atom. The lowest BCUT2D eigenvalue weighted by atomic mass is 9.98. The molecule has 0 saturated heterocycles. The highest BCUT2D eigenvalue weighted by Crippen LogP contribution is 2.17. The fourth-order valence-electron chi connectivity index (χ4n) is 3.14. The molecule has 0 aliphatic heterocycles. The average Bonchev–Trinajstić information content (AvgIpc) is 2.79. The number of fused-ring (bicyclic) bond motifs is 1. The molecule has 0 fully saturated rings. The summed E-state index contributed by atoms with van der Waals surface area (Å²) in [6, 6.07) is 13.8. The summed E-state index contributed by atoms with van der Waals surface area (Å²) in [7, 11) is 0. The predicted molar refractivity (Wildman–Crippen MR) is 127 cm³/mol. The highest BCUT2D eigenvalue weighted by Gasteiger charge is 2.23. The van der Waals surface area contributed by atoms with E-state index in [1.807, 2.05) is 0 Å². The van der Waals surface area contributed by atoms with Gasteiger partial charge >= 0.3 is 11.9 Å². The number of benzene rings is 2. The van der Waals surface area contributed by atoms with Gasteiger partial charge in [-0.05, 0) is 57.5 Å². The molecule has 1 aromatic heterocycles. The first kappa shape index (κ1) is 24.7. The minimum Gasteiger partial charge on any atom is -0.443 e. The predicted octanol–water partition coefficient (Wildman–Crippen LogP) is 3.46. The van der Waals surface area contributed by atoms with Gasteiger partial charge in [-0.25, -0.2) is 9.78 Å². The van der Waals surface area contributed by atoms with E-state index in [2.05, 4.69) is 10.9 Å². The molecule has 1 heterocycles. The monoisotopic (exact) mass is 461 g/mol. The Morgan fingerprint density at radius 3 is 2.50 bits per heavy atom. The zero-order valence-electron chi connectivity index (χ0n) is 19.7. The van der Waals surface area contributed by atoms with Gasteiger partial charge in [0.2, 0.25) is 0 Å². The number of carbonyl (C=O) groups excluding carboxylic acids is 2. The maximum atomic E-state index is 13.1. The van der Waals surface area contributed by atoms with E-state index in [4.69, 9.17) is 16.0 Å². The smallest absolute Gasteiger partial charge is 0.357 e. The van der Waals surface area contributed by atoms with E-state index >= 15 is 0 Å². The van der Waals surface area contributed by atoms with E-state index in [9.17, 15) is 14.4 Å². The third kappa shape index (κ3) is 5.88. The largest absolute Gasteiger partial charge is 0.443 e. The van der Waals surface area contributed by atoms with E-state index in [1.54, 1.807) is 76.2 Å². The van der Waals surface area contributed by atoms with Crippen LogP contribution in [0.5, 0.6) is 0 Å². The van der Waals surface area contributed by atoms with E-state index in [1.165, 1.54) is 9.63 Å². The number of ether oxygens (including phenoxy) is 1. The fraction of sp³-hybridized carbons (Fsp3) is 0.308. The van der Waals surface area contributed by atoms with Crippen molar-refractivity contribution in [2.24, 2.45) is 5.41 Å². The van der Waals surface area contributed by atoms with Crippen molar-refractivity contribution in [2.45, 2.75) is 41.0 Å². The molecule has 176 valence electrons. The third-order valence-electron chi connectivity index (χ3n) is 4.99. The first-order valence-electron chi connectivity index (χ1n) is 10.7. The van der Waals surface area contributed by atoms with Crippen molar-refractivity contribution < 1.29 is 19.2 Å². The average molecular weight is 462 g/mol. The molecule has 8 nitrogen and oxygen atoms in total. The summed E-state index contributed by atoms with van der Waals surface area (Å²) in [5.41, 5.74) is 0.581. The molecule has 0 saturated carbocycles. The minimum atomic E-state index is -0.688. The van der Waals surface area contributed by atoms with Crippen LogP contribution in [-0.4, -0.2) is 33.1 Å². The second-order valence-corrected chi connectivity index (χ2v) is 8.80. The molecule has 2 aromatic carbocycles. The van der Waals surface area contributed by atoms with Crippen LogP contribution in [0.2, 0.25) is 0 Å². The summed E-state index contributed by atoms with van der Waals surface area (Å²) in [6.07, 6.45) is 5.45. The molecule has 0 atom stereocenters. The van der Waals surface area contributed by atoms with Crippen LogP contribution in [0, 0.1) is 24.7 Å². The van der Waals surface area contributed by atoms with Crippen LogP contribution in [0.1, 0.15) is 42.5 Å². The summed E-state index contributed by atoms with van der Waals surface area (Å²) >= 11 is 0. The van der Waals surface area contributed by atoms with E-state index in [0.717, 1.165) is 0 Å². The van der Waals surface area contributed by atoms with Crippen LogP contribution in [0.3, 0.4) is 0 Å². The quantitative estimate of drug-likeness (QED) is 0.302. The number of terminal acetylenes is 1. The van der Waals surface area contributed by atoms with Crippen molar-refractivity contribution >= 4 is 22.8 Å². The van der Waals surface area contributed by atoms with Crippen molar-refractivity contribution in [1.29, 1.82) is 0 Å². The molecule has 34 heavy (non-hydrogen) atoms. The topological polar surface area (TPSA) is 90.7 Å². The number of hydroxylamine groups is 2. The zero-order valence-corrected chi connectivity index (χ0v) is 19.7. The Hall–Kier alpha value is -3.96. The first-order chi connectivity index (χ1) is 16.1. The molecule has 0 bridgehead atoms. The molecule has 0 N–H and O–H groups in total. The maximum absolute atomic E-state index is 13.1. The van der Waals surface area contributed by atoms with E-state index < -0.39 is 17.4 Å². The van der Waals surface area contributed by atoms with Crippen LogP contribution in [0.4, 0.5) is 0 Å². The van der Waals surface area contributed by atoms with Crippen molar-refractivity contribution in [1.82, 2.24) is 14.6 Å². The SMILES string of the molecule is C#CCN(Cc1ccc2nc(C)n(COC(=O)C(C)(C)C)c(=O)c2c1)OC(=O)c1ccccc1. The first-order valence-corrected chi connectivity index (χ1v) is 10.7. The lowest BCUT2D eigenvalue weighted by Crippen LogP contribution is -2.30. The summed E-state index contributed by atoms with van der Waals surface area (Å²) in [5.74, 6) is 1.95. The zero-order chi connectivity index (χ0) is 24.9. The third-order valence-corrected chi connectivity index (χ3v) is 4.99. The van der Waals surface area contributed by atoms with Crippen molar-refractivity contribution in [3.63, 3.8) is 0 Å². The number of hydrogen-bond donors (Lipinski definition) is 0. The van der Waals surface area contributed by atoms with Crippen LogP contribution in [0.25, 0.3) is 10.9 Å². The molecular weight excluding hydrogens is 434 g/mol. The van der Waals surface area contributed by atoms with Gasteiger partial charge in [0.1, 0.15) is 5.82 Å². The highest BCUT2D eigenvalue weighted by atomic mass is 16.7. The van der Waals surface area contributed by atoms with Crippen LogP contribution in [0.15, 0.2) is 53.3 Å². The normalized spacial score (nSPS) is 11.3. The number of nitrogens with zero attached hydrogens (tertiary/aromatic N) is 3. The fourth-order valence-corrected chi connectivity index (χ4v) is 3.14. The Morgan fingerprint density at radius 1 is 1.15 bits per heavy atom. The maximum Gasteiger partial charge on any atom is 0.357 e. The van der Waals surface area contributed by atoms with Gasteiger partial charge < -0.3 is 9.57 Å². The molecule has 0 amide bonds. The van der Waals surface area contributed by atoms with E-state index in [-0.39, 0.29) is 25.4 Å². The number of aromatic nitrogens is 2. The molecule has 0 aliphatic rings. The molecule has 3 rings (SSSR count). The Kier molecular flexibility index (Phi) is 7.49. The van der Waals surface area contributed by atoms with Crippen LogP contribution >= 0.6 is 0 Å². The molecule has 8 heteroatoms. The number of aryl methyl sites for hydroxylation is 1. The summed E-state index contributed by atoms with van der Waals surface area (Å²) < 4.78 is 6.62. The van der Waals surface area contributed by atoms with E-state index in [0.29, 0.717) is 27.9 Å². The summed E-state index contributed by atoms with van der Waals surface area (Å²) in [4.78, 5) is 47.6. The van der Waals surface area contributed by atoms with Gasteiger partial charge in [0.05, 0.1) is 35.0 Å². The van der Waals surface area contributed by atoms with Crippen molar-refractivity contribution in [3.05, 3.63) is 75.8 Å². The summed E-state index contributed by atoms with van der Waals surface area (Å²) in [5, 5.41) is 1.70. The van der Waals surface area contributed by atoms with Gasteiger partial charge in [0.25, 0.3) is 5.56 Å². The van der Waals surface area contributed by atoms with Gasteiger partial charge in [-0.15, -0.1) is 11.5 Å². The standard InChI is InChI=1S/C26H27N3O5/c1-6-14-28(34-24(31)20-10-8-7-9-11-20)16-19-12-13-22-21(15-19)23(30)29(18(2)27-22)17-33-25(32)26(3,4)5/h1,7-13,15H,14,16-17H2,2-5H3. The number of carbonyl (C=O) groups is 2. The number of hydrogen-bond acceptors (Lipinski definition) is 7. The highest BCUT2D eigenvalue weighted by molar-refractivity contribution is 5.89. The lowest BCUT2D eigenvalue weighted by Gasteiger charge is -2.20. The number of esters is 1. The Bertz CT molecular complexity index is 1300. The van der Waals surface area contributed by atoms with Gasteiger partial charge in [-0.2, -0.15) is 0 Å². The molecular formula is C26H27N3O5. The molecule has 0 aliphatic carbocycles. The van der Waals surface area contributed by atoms with Crippen LogP contribution in [-0.2, 0) is 27.6 Å². The molecule has 0 radical (unpaired) electrons.